The molecule has 4 atom stereocenters. The van der Waals surface area contributed by atoms with Gasteiger partial charge in [0.2, 0.25) is 5.91 Å². The number of ketones is 1. The second-order valence-electron chi connectivity index (χ2n) is 11.4. The molecule has 3 amide bonds. The number of carbonyl (C=O) groups excluding carboxylic acids is 4. The lowest BCUT2D eigenvalue weighted by Crippen LogP contribution is -2.50. The molecule has 15 nitrogen and oxygen atoms in total. The molecule has 15 heteroatoms. The lowest BCUT2D eigenvalue weighted by atomic mass is 10.00. The van der Waals surface area contributed by atoms with Gasteiger partial charge in [-0.15, -0.1) is 0 Å². The maximum atomic E-state index is 12.6. The molecule has 6 N–H and O–H groups in total. The molecule has 0 spiro atoms. The number of nitrogens with one attached hydrogen (secondary N) is 6. The zero-order chi connectivity index (χ0) is 33.5. The third kappa shape index (κ3) is 12.3. The number of alkyl carbamates (subject to hydrolysis) is 2. The van der Waals surface area contributed by atoms with E-state index in [0.29, 0.717) is 25.4 Å². The topological polar surface area (TPSA) is 201 Å². The van der Waals surface area contributed by atoms with Crippen LogP contribution >= 0.6 is 0 Å². The molecule has 250 valence electrons. The minimum Gasteiger partial charge on any atom is -0.501 e. The van der Waals surface area contributed by atoms with Gasteiger partial charge in [0.25, 0.3) is 0 Å². The molecule has 45 heavy (non-hydrogen) atoms. The molecule has 0 aliphatic heterocycles. The fourth-order valence-electron chi connectivity index (χ4n) is 4.21. The number of Topliss-reactive ketones (excluding diaryl/α,β-unsaturated/α-hetero) is 1. The van der Waals surface area contributed by atoms with Gasteiger partial charge in [0.15, 0.2) is 5.78 Å². The summed E-state index contributed by atoms with van der Waals surface area (Å²) in [6.45, 7) is 12.0. The first kappa shape index (κ1) is 36.8. The summed E-state index contributed by atoms with van der Waals surface area (Å²) in [4.78, 5) is 63.6. The number of carbonyl (C=O) groups is 4. The van der Waals surface area contributed by atoms with Crippen molar-refractivity contribution in [3.63, 3.8) is 0 Å². The molecule has 2 rings (SSSR count). The van der Waals surface area contributed by atoms with Gasteiger partial charge in [-0.2, -0.15) is 0 Å². The number of nitrogens with zero attached hydrogens (tertiary/aromatic N) is 2. The summed E-state index contributed by atoms with van der Waals surface area (Å²) >= 11 is 0. The highest BCUT2D eigenvalue weighted by Crippen LogP contribution is 2.13. The first-order valence-corrected chi connectivity index (χ1v) is 15.0. The predicted octanol–water partition coefficient (Wildman–Crippen LogP) is 2.56. The lowest BCUT2D eigenvalue weighted by molar-refractivity contribution is -0.124. The molecule has 2 aromatic heterocycles. The Balaban J connectivity index is 1.76. The number of methoxy groups -OCH3 is 2. The number of imidazole rings is 2. The Morgan fingerprint density at radius 1 is 0.867 bits per heavy atom. The van der Waals surface area contributed by atoms with Crippen molar-refractivity contribution in [3.8, 4) is 0 Å². The van der Waals surface area contributed by atoms with Crippen LogP contribution in [0.3, 0.4) is 0 Å². The van der Waals surface area contributed by atoms with E-state index < -0.39 is 24.3 Å². The molecule has 0 aliphatic rings. The normalized spacial score (nSPS) is 14.1. The maximum Gasteiger partial charge on any atom is 0.407 e. The van der Waals surface area contributed by atoms with Crippen LogP contribution in [0.15, 0.2) is 18.7 Å². The van der Waals surface area contributed by atoms with Crippen molar-refractivity contribution in [3.05, 3.63) is 41.7 Å². The molecular formula is C30H48N8O7. The Labute approximate surface area is 264 Å². The van der Waals surface area contributed by atoms with Crippen molar-refractivity contribution in [1.29, 1.82) is 0 Å². The van der Waals surface area contributed by atoms with E-state index in [0.717, 1.165) is 17.2 Å². The first-order chi connectivity index (χ1) is 21.4. The van der Waals surface area contributed by atoms with E-state index in [9.17, 15) is 19.2 Å². The van der Waals surface area contributed by atoms with E-state index in [1.165, 1.54) is 14.2 Å². The number of amides is 3. The molecule has 2 aromatic rings. The summed E-state index contributed by atoms with van der Waals surface area (Å²) in [6, 6.07) is -1.59. The predicted molar refractivity (Wildman–Crippen MR) is 167 cm³/mol. The molecule has 0 saturated carbocycles. The van der Waals surface area contributed by atoms with Crippen LogP contribution in [0.2, 0.25) is 0 Å². The molecule has 0 radical (unpaired) electrons. The van der Waals surface area contributed by atoms with E-state index in [4.69, 9.17) is 4.74 Å². The summed E-state index contributed by atoms with van der Waals surface area (Å²) in [6.07, 6.45) is 6.04. The van der Waals surface area contributed by atoms with Crippen LogP contribution in [0, 0.1) is 11.8 Å². The van der Waals surface area contributed by atoms with Crippen LogP contribution < -0.4 is 21.3 Å². The van der Waals surface area contributed by atoms with Crippen molar-refractivity contribution in [2.45, 2.75) is 72.0 Å². The fourth-order valence-corrected chi connectivity index (χ4v) is 4.21. The number of rotatable bonds is 18. The molecule has 2 heterocycles. The summed E-state index contributed by atoms with van der Waals surface area (Å²) in [5.74, 6) is 0.670. The van der Waals surface area contributed by atoms with E-state index in [2.05, 4.69) is 50.7 Å². The van der Waals surface area contributed by atoms with Gasteiger partial charge in [-0.3, -0.25) is 9.59 Å². The van der Waals surface area contributed by atoms with Crippen molar-refractivity contribution >= 4 is 30.0 Å². The van der Waals surface area contributed by atoms with Gasteiger partial charge in [0, 0.05) is 30.8 Å². The molecular weight excluding hydrogens is 584 g/mol. The smallest absolute Gasteiger partial charge is 0.407 e. The van der Waals surface area contributed by atoms with Crippen LogP contribution in [-0.2, 0) is 30.2 Å². The molecule has 0 aromatic carbocycles. The summed E-state index contributed by atoms with van der Waals surface area (Å²) < 4.78 is 14.9. The highest BCUT2D eigenvalue weighted by molar-refractivity contribution is 5.89. The Bertz CT molecular complexity index is 1270. The van der Waals surface area contributed by atoms with Gasteiger partial charge >= 0.3 is 12.2 Å². The highest BCUT2D eigenvalue weighted by atomic mass is 16.5. The average molecular weight is 633 g/mol. The van der Waals surface area contributed by atoms with E-state index in [-0.39, 0.29) is 42.0 Å². The minimum atomic E-state index is -0.702. The van der Waals surface area contributed by atoms with Gasteiger partial charge in [-0.1, -0.05) is 34.6 Å². The fraction of sp³-hybridized carbons (Fsp3) is 0.600. The largest absolute Gasteiger partial charge is 0.501 e. The minimum absolute atomic E-state index is 0.0544. The van der Waals surface area contributed by atoms with Crippen molar-refractivity contribution in [2.75, 3.05) is 33.9 Å². The SMILES string of the molecule is COC(=O)N[C@@H](C(=O)CN[C@@H](C)c1ncc(C=COCCc2cnc([C@@H](C)CNC(=O)[C@H](NC(=O)OC)C(C)C)[nH]2)[nH]1)C(C)C. The summed E-state index contributed by atoms with van der Waals surface area (Å²) in [7, 11) is 2.51. The Kier molecular flexibility index (Phi) is 15.1. The third-order valence-electron chi connectivity index (χ3n) is 7.02. The third-order valence-corrected chi connectivity index (χ3v) is 7.02. The Hall–Kier alpha value is -4.40. The van der Waals surface area contributed by atoms with Crippen LogP contribution in [0.5, 0.6) is 0 Å². The zero-order valence-corrected chi connectivity index (χ0v) is 27.4. The van der Waals surface area contributed by atoms with Gasteiger partial charge in [-0.05, 0) is 24.8 Å². The standard InChI is InChI=1S/C30H48N8O7/c1-17(2)24(37-29(41)43-7)23(39)16-31-20(6)27-33-15-22(36-27)10-12-45-11-9-21-14-32-26(35-21)19(5)13-34-28(40)25(18(3)4)38-30(42)44-8/h10,12,14-15,17-20,24-25,31H,9,11,13,16H2,1-8H3,(H,32,35)(H,33,36)(H,34,40)(H,37,41)(H,38,42)/t19-,20-,24+,25+/m0/s1. The Morgan fingerprint density at radius 2 is 1.49 bits per heavy atom. The number of hydrogen-bond donors (Lipinski definition) is 6. The first-order valence-electron chi connectivity index (χ1n) is 15.0. The molecule has 0 unspecified atom stereocenters. The molecule has 0 fully saturated rings. The molecule has 0 saturated heterocycles. The van der Waals surface area contributed by atoms with E-state index in [1.54, 1.807) is 24.7 Å². The number of H-pyrrole nitrogens is 2. The zero-order valence-electron chi connectivity index (χ0n) is 27.4. The second kappa shape index (κ2) is 18.4. The summed E-state index contributed by atoms with van der Waals surface area (Å²) in [5.41, 5.74) is 1.63. The van der Waals surface area contributed by atoms with Gasteiger partial charge in [0.1, 0.15) is 17.7 Å². The quantitative estimate of drug-likeness (QED) is 0.105. The Morgan fingerprint density at radius 3 is 2.11 bits per heavy atom. The molecule has 0 bridgehead atoms. The number of aromatic nitrogens is 4. The van der Waals surface area contributed by atoms with Gasteiger partial charge < -0.3 is 45.4 Å². The van der Waals surface area contributed by atoms with Gasteiger partial charge in [-0.25, -0.2) is 19.6 Å². The van der Waals surface area contributed by atoms with Gasteiger partial charge in [0.05, 0.1) is 57.6 Å². The summed E-state index contributed by atoms with van der Waals surface area (Å²) in [5, 5.41) is 11.1. The number of aromatic amines is 2. The lowest BCUT2D eigenvalue weighted by Gasteiger charge is -2.21. The number of ether oxygens (including phenoxy) is 3. The highest BCUT2D eigenvalue weighted by Gasteiger charge is 2.26. The van der Waals surface area contributed by atoms with Crippen molar-refractivity contribution < 1.29 is 33.4 Å². The van der Waals surface area contributed by atoms with E-state index in [1.807, 2.05) is 41.5 Å². The van der Waals surface area contributed by atoms with E-state index >= 15 is 0 Å². The van der Waals surface area contributed by atoms with Crippen LogP contribution in [0.1, 0.15) is 76.5 Å². The van der Waals surface area contributed by atoms with Crippen LogP contribution in [0.25, 0.3) is 6.08 Å². The average Bonchev–Trinajstić information content (AvgIpc) is 3.69. The van der Waals surface area contributed by atoms with Crippen molar-refractivity contribution in [1.82, 2.24) is 41.2 Å². The molecule has 0 aliphatic carbocycles. The second-order valence-corrected chi connectivity index (χ2v) is 11.4. The van der Waals surface area contributed by atoms with Crippen molar-refractivity contribution in [2.24, 2.45) is 11.8 Å². The monoisotopic (exact) mass is 632 g/mol. The van der Waals surface area contributed by atoms with Crippen LogP contribution in [0.4, 0.5) is 9.59 Å². The van der Waals surface area contributed by atoms with Crippen LogP contribution in [-0.4, -0.2) is 89.8 Å². The maximum absolute atomic E-state index is 12.6. The number of hydrogen-bond acceptors (Lipinski definition) is 10.